The smallest absolute Gasteiger partial charge is 0.117 e. The summed E-state index contributed by atoms with van der Waals surface area (Å²) in [5.41, 5.74) is 0.891. The molecule has 0 aliphatic rings. The van der Waals surface area contributed by atoms with E-state index in [-0.39, 0.29) is 5.75 Å². The van der Waals surface area contributed by atoms with E-state index in [0.717, 1.165) is 10.9 Å². The molecule has 2 aromatic rings. The molecule has 0 fully saturated rings. The van der Waals surface area contributed by atoms with Crippen LogP contribution in [0.4, 0.5) is 0 Å². The first-order valence-corrected chi connectivity index (χ1v) is 4.24. The Hall–Kier alpha value is -1.64. The van der Waals surface area contributed by atoms with Gasteiger partial charge < -0.3 is 9.94 Å². The van der Waals surface area contributed by atoms with Crippen molar-refractivity contribution in [3.05, 3.63) is 30.5 Å². The largest absolute Gasteiger partial charge is 0.508 e. The summed E-state index contributed by atoms with van der Waals surface area (Å²) in [6, 6.07) is 7.16. The van der Waals surface area contributed by atoms with Crippen molar-refractivity contribution in [3.63, 3.8) is 0 Å². The second-order valence-electron chi connectivity index (χ2n) is 2.80. The van der Waals surface area contributed by atoms with Gasteiger partial charge in [0.1, 0.15) is 12.4 Å². The van der Waals surface area contributed by atoms with Gasteiger partial charge in [0.2, 0.25) is 0 Å². The molecule has 2 rings (SSSR count). The van der Waals surface area contributed by atoms with E-state index in [0.29, 0.717) is 6.61 Å². The quantitative estimate of drug-likeness (QED) is 0.758. The molecule has 0 saturated carbocycles. The Morgan fingerprint density at radius 3 is 3.00 bits per heavy atom. The van der Waals surface area contributed by atoms with E-state index in [1.807, 2.05) is 25.3 Å². The van der Waals surface area contributed by atoms with Crippen LogP contribution in [-0.2, 0) is 0 Å². The van der Waals surface area contributed by atoms with E-state index >= 15 is 0 Å². The SMILES string of the molecule is CCOn1ccc2ccc(O)cc21. The topological polar surface area (TPSA) is 34.4 Å². The Bertz CT molecular complexity index is 420. The van der Waals surface area contributed by atoms with Crippen LogP contribution in [0.1, 0.15) is 6.92 Å². The lowest BCUT2D eigenvalue weighted by Crippen LogP contribution is -2.08. The van der Waals surface area contributed by atoms with E-state index in [2.05, 4.69) is 0 Å². The zero-order chi connectivity index (χ0) is 9.26. The number of hydrogen-bond donors (Lipinski definition) is 1. The number of hydrogen-bond acceptors (Lipinski definition) is 2. The van der Waals surface area contributed by atoms with E-state index in [1.165, 1.54) is 0 Å². The molecule has 3 heteroatoms. The normalized spacial score (nSPS) is 10.5. The highest BCUT2D eigenvalue weighted by molar-refractivity contribution is 5.81. The van der Waals surface area contributed by atoms with Crippen LogP contribution >= 0.6 is 0 Å². The van der Waals surface area contributed by atoms with Crippen molar-refractivity contribution in [1.82, 2.24) is 4.73 Å². The van der Waals surface area contributed by atoms with Crippen molar-refractivity contribution < 1.29 is 9.94 Å². The zero-order valence-corrected chi connectivity index (χ0v) is 7.40. The first-order chi connectivity index (χ1) is 6.31. The number of phenols is 1. The number of benzene rings is 1. The minimum Gasteiger partial charge on any atom is -0.508 e. The van der Waals surface area contributed by atoms with Gasteiger partial charge in [-0.3, -0.25) is 0 Å². The Kier molecular flexibility index (Phi) is 1.85. The highest BCUT2D eigenvalue weighted by atomic mass is 16.7. The van der Waals surface area contributed by atoms with Crippen LogP contribution in [0.2, 0.25) is 0 Å². The molecule has 3 nitrogen and oxygen atoms in total. The number of phenolic OH excluding ortho intramolecular Hbond substituents is 1. The predicted octanol–water partition coefficient (Wildman–Crippen LogP) is 1.80. The lowest BCUT2D eigenvalue weighted by Gasteiger charge is -2.04. The van der Waals surface area contributed by atoms with Gasteiger partial charge in [0.25, 0.3) is 0 Å². The summed E-state index contributed by atoms with van der Waals surface area (Å²) in [5, 5.41) is 10.3. The van der Waals surface area contributed by atoms with Crippen LogP contribution in [0, 0.1) is 0 Å². The summed E-state index contributed by atoms with van der Waals surface area (Å²) in [5.74, 6) is 0.257. The van der Waals surface area contributed by atoms with Gasteiger partial charge >= 0.3 is 0 Å². The first-order valence-electron chi connectivity index (χ1n) is 4.24. The summed E-state index contributed by atoms with van der Waals surface area (Å²) in [6.07, 6.45) is 1.84. The lowest BCUT2D eigenvalue weighted by atomic mass is 10.2. The summed E-state index contributed by atoms with van der Waals surface area (Å²) >= 11 is 0. The van der Waals surface area contributed by atoms with Crippen molar-refractivity contribution in [1.29, 1.82) is 0 Å². The Morgan fingerprint density at radius 2 is 2.23 bits per heavy atom. The molecular formula is C10H11NO2. The predicted molar refractivity (Wildman–Crippen MR) is 50.7 cm³/mol. The van der Waals surface area contributed by atoms with Gasteiger partial charge in [-0.05, 0) is 25.1 Å². The third kappa shape index (κ3) is 1.33. The van der Waals surface area contributed by atoms with Gasteiger partial charge in [-0.2, -0.15) is 4.73 Å². The number of aromatic hydroxyl groups is 1. The number of rotatable bonds is 2. The maximum Gasteiger partial charge on any atom is 0.117 e. The average Bonchev–Trinajstić information content (AvgIpc) is 2.49. The van der Waals surface area contributed by atoms with E-state index in [1.54, 1.807) is 16.9 Å². The first kappa shape index (κ1) is 7.98. The number of nitrogens with zero attached hydrogens (tertiary/aromatic N) is 1. The van der Waals surface area contributed by atoms with E-state index in [4.69, 9.17) is 4.84 Å². The number of aromatic nitrogens is 1. The van der Waals surface area contributed by atoms with Crippen molar-refractivity contribution >= 4 is 10.9 Å². The van der Waals surface area contributed by atoms with Crippen LogP contribution < -0.4 is 4.84 Å². The Labute approximate surface area is 76.1 Å². The van der Waals surface area contributed by atoms with Gasteiger partial charge in [-0.1, -0.05) is 0 Å². The molecule has 1 aromatic carbocycles. The number of fused-ring (bicyclic) bond motifs is 1. The van der Waals surface area contributed by atoms with Crippen LogP contribution in [0.5, 0.6) is 5.75 Å². The molecule has 1 N–H and O–H groups in total. The molecule has 1 heterocycles. The van der Waals surface area contributed by atoms with Crippen LogP contribution in [0.3, 0.4) is 0 Å². The van der Waals surface area contributed by atoms with Gasteiger partial charge in [-0.15, -0.1) is 0 Å². The monoisotopic (exact) mass is 177 g/mol. The summed E-state index contributed by atoms with van der Waals surface area (Å²) < 4.78 is 1.66. The third-order valence-electron chi connectivity index (χ3n) is 1.91. The maximum atomic E-state index is 9.27. The molecule has 1 aromatic heterocycles. The van der Waals surface area contributed by atoms with Gasteiger partial charge in [0, 0.05) is 17.6 Å². The van der Waals surface area contributed by atoms with Crippen LogP contribution in [0.25, 0.3) is 10.9 Å². The fraction of sp³-hybridized carbons (Fsp3) is 0.200. The van der Waals surface area contributed by atoms with Crippen LogP contribution in [-0.4, -0.2) is 16.4 Å². The van der Waals surface area contributed by atoms with Gasteiger partial charge in [-0.25, -0.2) is 0 Å². The molecule has 68 valence electrons. The molecule has 13 heavy (non-hydrogen) atoms. The average molecular weight is 177 g/mol. The fourth-order valence-electron chi connectivity index (χ4n) is 1.34. The zero-order valence-electron chi connectivity index (χ0n) is 7.40. The molecule has 0 unspecified atom stereocenters. The molecule has 0 aliphatic carbocycles. The molecule has 0 amide bonds. The molecule has 0 aliphatic heterocycles. The molecule has 0 spiro atoms. The standard InChI is InChI=1S/C10H11NO2/c1-2-13-11-6-5-8-3-4-9(12)7-10(8)11/h3-7,12H,2H2,1H3. The Balaban J connectivity index is 2.58. The second kappa shape index (κ2) is 3.01. The Morgan fingerprint density at radius 1 is 1.38 bits per heavy atom. The summed E-state index contributed by atoms with van der Waals surface area (Å²) in [4.78, 5) is 5.32. The highest BCUT2D eigenvalue weighted by Crippen LogP contribution is 2.19. The van der Waals surface area contributed by atoms with Crippen molar-refractivity contribution in [2.75, 3.05) is 6.61 Å². The third-order valence-corrected chi connectivity index (χ3v) is 1.91. The van der Waals surface area contributed by atoms with Crippen molar-refractivity contribution in [2.24, 2.45) is 0 Å². The molecule has 0 radical (unpaired) electrons. The minimum atomic E-state index is 0.257. The minimum absolute atomic E-state index is 0.257. The van der Waals surface area contributed by atoms with Gasteiger partial charge in [0.05, 0.1) is 5.52 Å². The van der Waals surface area contributed by atoms with Crippen molar-refractivity contribution in [2.45, 2.75) is 6.92 Å². The second-order valence-corrected chi connectivity index (χ2v) is 2.80. The highest BCUT2D eigenvalue weighted by Gasteiger charge is 2.01. The van der Waals surface area contributed by atoms with E-state index in [9.17, 15) is 5.11 Å². The lowest BCUT2D eigenvalue weighted by molar-refractivity contribution is 0.132. The molecule has 0 atom stereocenters. The maximum absolute atomic E-state index is 9.27. The summed E-state index contributed by atoms with van der Waals surface area (Å²) in [7, 11) is 0. The molecular weight excluding hydrogens is 166 g/mol. The fourth-order valence-corrected chi connectivity index (χ4v) is 1.34. The van der Waals surface area contributed by atoms with Crippen LogP contribution in [0.15, 0.2) is 30.5 Å². The van der Waals surface area contributed by atoms with E-state index < -0.39 is 0 Å². The van der Waals surface area contributed by atoms with Gasteiger partial charge in [0.15, 0.2) is 0 Å². The molecule has 0 bridgehead atoms. The molecule has 0 saturated heterocycles. The summed E-state index contributed by atoms with van der Waals surface area (Å²) in [6.45, 7) is 2.54. The van der Waals surface area contributed by atoms with Crippen molar-refractivity contribution in [3.8, 4) is 5.75 Å².